The molecule has 0 atom stereocenters. The molecule has 0 saturated carbocycles. The lowest BCUT2D eigenvalue weighted by Crippen LogP contribution is -2.47. The maximum atomic E-state index is 15.2. The summed E-state index contributed by atoms with van der Waals surface area (Å²) in [6, 6.07) is 44.5. The Hall–Kier alpha value is -9.46. The lowest BCUT2D eigenvalue weighted by Gasteiger charge is -2.28. The molecule has 0 N–H and O–H groups in total. The highest BCUT2D eigenvalue weighted by molar-refractivity contribution is 7.19. The number of hydrogen-bond donors (Lipinski definition) is 0. The highest BCUT2D eigenvalue weighted by Gasteiger charge is 2.65. The first-order valence-electron chi connectivity index (χ1n) is 21.0. The molecule has 70 heavy (non-hydrogen) atoms. The van der Waals surface area contributed by atoms with Crippen LogP contribution in [0.25, 0.3) is 20.9 Å². The molecule has 2 heterocycles. The fourth-order valence-corrected chi connectivity index (χ4v) is 10.2. The molecular formula is C52H30N8O8S2. The zero-order valence-electron chi connectivity index (χ0n) is 36.2. The average molecular weight is 959 g/mol. The van der Waals surface area contributed by atoms with Gasteiger partial charge in [0.15, 0.2) is 0 Å². The first-order chi connectivity index (χ1) is 34.1. The predicted molar refractivity (Wildman–Crippen MR) is 252 cm³/mol. The molecule has 0 saturated heterocycles. The summed E-state index contributed by atoms with van der Waals surface area (Å²) in [6.07, 6.45) is 0. The summed E-state index contributed by atoms with van der Waals surface area (Å²) in [5, 5.41) is 38.4. The molecule has 0 unspecified atom stereocenters. The van der Waals surface area contributed by atoms with Crippen molar-refractivity contribution in [2.24, 2.45) is 9.98 Å². The predicted octanol–water partition coefficient (Wildman–Crippen LogP) is 8.35. The topological polar surface area (TPSA) is 251 Å². The Morgan fingerprint density at radius 3 is 0.986 bits per heavy atom. The number of benzene rings is 5. The molecule has 2 aliphatic carbocycles. The van der Waals surface area contributed by atoms with E-state index in [1.807, 2.05) is 0 Å². The second-order valence-corrected chi connectivity index (χ2v) is 17.4. The summed E-state index contributed by atoms with van der Waals surface area (Å²) in [7, 11) is 0. The summed E-state index contributed by atoms with van der Waals surface area (Å²) < 4.78 is 24.0. The van der Waals surface area contributed by atoms with E-state index in [4.69, 9.17) is 18.9 Å². The third-order valence-electron chi connectivity index (χ3n) is 11.3. The summed E-state index contributed by atoms with van der Waals surface area (Å²) in [5.41, 5.74) is -4.18. The smallest absolute Gasteiger partial charge is 0.334 e. The molecule has 2 aliphatic rings. The van der Waals surface area contributed by atoms with Gasteiger partial charge in [-0.2, -0.15) is 31.0 Å². The number of aromatic nitrogens is 2. The van der Waals surface area contributed by atoms with Gasteiger partial charge < -0.3 is 18.9 Å². The molecule has 2 aromatic heterocycles. The van der Waals surface area contributed by atoms with Gasteiger partial charge in [0, 0.05) is 0 Å². The number of nitriles is 4. The zero-order chi connectivity index (χ0) is 48.8. The first kappa shape index (κ1) is 45.7. The molecule has 0 bridgehead atoms. The van der Waals surface area contributed by atoms with E-state index in [0.717, 1.165) is 22.7 Å². The van der Waals surface area contributed by atoms with Crippen LogP contribution in [0.1, 0.15) is 44.8 Å². The van der Waals surface area contributed by atoms with E-state index in [2.05, 4.69) is 20.0 Å². The van der Waals surface area contributed by atoms with Crippen molar-refractivity contribution in [3.63, 3.8) is 0 Å². The Balaban J connectivity index is 1.31. The van der Waals surface area contributed by atoms with Crippen LogP contribution < -0.4 is 0 Å². The van der Waals surface area contributed by atoms with Crippen LogP contribution in [0.3, 0.4) is 0 Å². The summed E-state index contributed by atoms with van der Waals surface area (Å²) >= 11 is 1.65. The van der Waals surface area contributed by atoms with Crippen LogP contribution in [0.5, 0.6) is 0 Å². The van der Waals surface area contributed by atoms with Gasteiger partial charge in [0.2, 0.25) is 32.5 Å². The first-order valence-corrected chi connectivity index (χ1v) is 22.6. The van der Waals surface area contributed by atoms with E-state index >= 15 is 19.2 Å². The van der Waals surface area contributed by atoms with Crippen molar-refractivity contribution in [3.05, 3.63) is 178 Å². The quantitative estimate of drug-likeness (QED) is 0.0430. The van der Waals surface area contributed by atoms with Crippen molar-refractivity contribution in [2.75, 3.05) is 0 Å². The van der Waals surface area contributed by atoms with Gasteiger partial charge in [0.05, 0.1) is 21.1 Å². The normalized spacial score (nSPS) is 12.6. The molecule has 0 aliphatic heterocycles. The molecule has 7 aromatic rings. The van der Waals surface area contributed by atoms with E-state index in [1.165, 1.54) is 12.1 Å². The van der Waals surface area contributed by atoms with Gasteiger partial charge in [-0.1, -0.05) is 144 Å². The second kappa shape index (κ2) is 19.4. The number of fused-ring (bicyclic) bond motifs is 6. The fraction of sp³-hybridized carbons (Fsp3) is 0.115. The molecule has 18 heteroatoms. The third-order valence-corrected chi connectivity index (χ3v) is 13.3. The van der Waals surface area contributed by atoms with Crippen LogP contribution in [0.2, 0.25) is 0 Å². The van der Waals surface area contributed by atoms with Crippen LogP contribution in [-0.4, -0.2) is 45.3 Å². The number of nitrogens with zero attached hydrogens (tertiary/aromatic N) is 8. The van der Waals surface area contributed by atoms with Crippen LogP contribution in [0.15, 0.2) is 143 Å². The van der Waals surface area contributed by atoms with Crippen LogP contribution in [0.4, 0.5) is 10.3 Å². The molecular weight excluding hydrogens is 929 g/mol. The maximum Gasteiger partial charge on any atom is 0.334 e. The van der Waals surface area contributed by atoms with E-state index in [9.17, 15) is 21.0 Å². The number of hydrogen-bond acceptors (Lipinski definition) is 18. The van der Waals surface area contributed by atoms with E-state index in [1.54, 1.807) is 146 Å². The van der Waals surface area contributed by atoms with E-state index < -0.39 is 46.1 Å². The molecule has 9 rings (SSSR count). The number of ether oxygens (including phenoxy) is 4. The Bertz CT molecular complexity index is 3100. The van der Waals surface area contributed by atoms with Gasteiger partial charge in [-0.25, -0.2) is 9.97 Å². The van der Waals surface area contributed by atoms with Gasteiger partial charge in [0.1, 0.15) is 50.7 Å². The van der Waals surface area contributed by atoms with Crippen LogP contribution in [-0.2, 0) is 75.4 Å². The van der Waals surface area contributed by atoms with Gasteiger partial charge in [-0.15, -0.1) is 0 Å². The minimum Gasteiger partial charge on any atom is -0.459 e. The average Bonchev–Trinajstić information content (AvgIpc) is 4.15. The fourth-order valence-electron chi connectivity index (χ4n) is 8.10. The molecule has 0 amide bonds. The van der Waals surface area contributed by atoms with Crippen molar-refractivity contribution in [1.82, 2.24) is 9.97 Å². The summed E-state index contributed by atoms with van der Waals surface area (Å²) in [6.45, 7) is -1.19. The molecule has 16 nitrogen and oxygen atoms in total. The maximum absolute atomic E-state index is 15.2. The minimum absolute atomic E-state index is 0.0299. The minimum atomic E-state index is -2.54. The van der Waals surface area contributed by atoms with Gasteiger partial charge in [-0.3, -0.25) is 19.2 Å². The van der Waals surface area contributed by atoms with Crippen molar-refractivity contribution < 1.29 is 38.1 Å². The van der Waals surface area contributed by atoms with Crippen LogP contribution in [0, 0.1) is 45.3 Å². The summed E-state index contributed by atoms with van der Waals surface area (Å²) in [4.78, 5) is 78.8. The monoisotopic (exact) mass is 958 g/mol. The number of carbonyl (C=O) groups is 4. The van der Waals surface area contributed by atoms with Crippen molar-refractivity contribution in [2.45, 2.75) is 37.3 Å². The van der Waals surface area contributed by atoms with Crippen LogP contribution >= 0.6 is 22.7 Å². The molecule has 338 valence electrons. The lowest BCUT2D eigenvalue weighted by molar-refractivity contribution is -0.166. The molecule has 5 aromatic carbocycles. The summed E-state index contributed by atoms with van der Waals surface area (Å²) in [5.74, 6) is -4.47. The van der Waals surface area contributed by atoms with E-state index in [-0.39, 0.29) is 80.1 Å². The van der Waals surface area contributed by atoms with Crippen molar-refractivity contribution in [1.29, 1.82) is 21.0 Å². The molecule has 0 fully saturated rings. The number of thiazole rings is 2. The van der Waals surface area contributed by atoms with E-state index in [0.29, 0.717) is 22.3 Å². The SMILES string of the molecule is N#CC(C#N)=Nc1nc2c(s1)-c1cc3c(cc1C2(C(=O)OCc1ccccc1)C(=O)OCc1ccccc1)-c1sc(N=C(C#N)C#N)nc1C3(C(=O)OCc1ccccc1)C(=O)OCc1ccccc1. The van der Waals surface area contributed by atoms with Gasteiger partial charge in [0.25, 0.3) is 0 Å². The van der Waals surface area contributed by atoms with Gasteiger partial charge >= 0.3 is 23.9 Å². The largest absolute Gasteiger partial charge is 0.459 e. The Morgan fingerprint density at radius 1 is 0.457 bits per heavy atom. The van der Waals surface area contributed by atoms with Crippen molar-refractivity contribution in [3.8, 4) is 45.2 Å². The number of rotatable bonds is 14. The standard InChI is InChI=1S/C52H30N8O8S2/c53-23-35(24-54)57-49-59-43-41(69-49)37-22-40-38(21-39(37)51(43,45(61)65-27-31-13-5-1-6-14-31)46(62)66-28-32-15-7-2-8-16-32)42-44(60-50(70-42)58-36(25-55)26-56)52(40,47(63)67-29-33-17-9-3-10-18-33)48(64)68-30-34-19-11-4-12-20-34/h1-22H,27-30H2. The lowest BCUT2D eigenvalue weighted by atomic mass is 9.76. The number of carbonyl (C=O) groups excluding carboxylic acids is 4. The highest BCUT2D eigenvalue weighted by Crippen LogP contribution is 2.61. The highest BCUT2D eigenvalue weighted by atomic mass is 32.1. The second-order valence-electron chi connectivity index (χ2n) is 15.4. The Labute approximate surface area is 406 Å². The third kappa shape index (κ3) is 8.12. The van der Waals surface area contributed by atoms with Crippen molar-refractivity contribution >= 4 is 68.2 Å². The number of aliphatic imine (C=N–C) groups is 2. The Morgan fingerprint density at radius 2 is 0.729 bits per heavy atom. The molecule has 0 spiro atoms. The number of esters is 4. The Kier molecular flexibility index (Phi) is 12.7. The zero-order valence-corrected chi connectivity index (χ0v) is 37.8. The van der Waals surface area contributed by atoms with Gasteiger partial charge in [-0.05, 0) is 56.6 Å². The molecule has 0 radical (unpaired) electrons.